The summed E-state index contributed by atoms with van der Waals surface area (Å²) in [5.41, 5.74) is -0.269. The zero-order valence-corrected chi connectivity index (χ0v) is 14.5. The van der Waals surface area contributed by atoms with Crippen LogP contribution in [0.2, 0.25) is 5.15 Å². The minimum Gasteiger partial charge on any atom is -0.329 e. The maximum Gasteiger partial charge on any atom is 0.254 e. The molecule has 0 fully saturated rings. The minimum absolute atomic E-state index is 0.126. The SMILES string of the molecule is CCCN(CC(=O)Nc1ccc(F)c(F)c1F)C(=O)c1ccnc(Cl)c1. The minimum atomic E-state index is -1.68. The third kappa shape index (κ3) is 4.72. The molecule has 2 rings (SSSR count). The second kappa shape index (κ2) is 8.66. The molecule has 0 saturated heterocycles. The molecule has 2 amide bonds. The molecule has 0 unspecified atom stereocenters. The number of amides is 2. The van der Waals surface area contributed by atoms with Crippen LogP contribution in [0.1, 0.15) is 23.7 Å². The van der Waals surface area contributed by atoms with Crippen LogP contribution in [0, 0.1) is 17.5 Å². The number of nitrogens with one attached hydrogen (secondary N) is 1. The quantitative estimate of drug-likeness (QED) is 0.610. The fourth-order valence-electron chi connectivity index (χ4n) is 2.23. The highest BCUT2D eigenvalue weighted by Crippen LogP contribution is 2.19. The van der Waals surface area contributed by atoms with Crippen LogP contribution in [-0.4, -0.2) is 34.8 Å². The van der Waals surface area contributed by atoms with Gasteiger partial charge in [0.05, 0.1) is 5.69 Å². The van der Waals surface area contributed by atoms with Gasteiger partial charge in [0, 0.05) is 18.3 Å². The van der Waals surface area contributed by atoms with Crippen molar-refractivity contribution >= 4 is 29.1 Å². The first-order valence-corrected chi connectivity index (χ1v) is 8.05. The van der Waals surface area contributed by atoms with Gasteiger partial charge < -0.3 is 10.2 Å². The number of rotatable bonds is 6. The van der Waals surface area contributed by atoms with Crippen LogP contribution in [0.15, 0.2) is 30.5 Å². The summed E-state index contributed by atoms with van der Waals surface area (Å²) in [5, 5.41) is 2.26. The molecule has 26 heavy (non-hydrogen) atoms. The van der Waals surface area contributed by atoms with Gasteiger partial charge in [0.25, 0.3) is 5.91 Å². The average Bonchev–Trinajstić information content (AvgIpc) is 2.61. The summed E-state index contributed by atoms with van der Waals surface area (Å²) < 4.78 is 39.8. The molecule has 138 valence electrons. The molecule has 9 heteroatoms. The van der Waals surface area contributed by atoms with E-state index >= 15 is 0 Å². The summed E-state index contributed by atoms with van der Waals surface area (Å²) in [6.07, 6.45) is 1.92. The van der Waals surface area contributed by atoms with Crippen molar-refractivity contribution in [3.05, 3.63) is 58.6 Å². The Morgan fingerprint density at radius 1 is 1.19 bits per heavy atom. The molecule has 1 heterocycles. The lowest BCUT2D eigenvalue weighted by molar-refractivity contribution is -0.116. The summed E-state index contributed by atoms with van der Waals surface area (Å²) in [5.74, 6) is -5.77. The largest absolute Gasteiger partial charge is 0.329 e. The molecule has 0 spiro atoms. The second-order valence-corrected chi connectivity index (χ2v) is 5.75. The van der Waals surface area contributed by atoms with Gasteiger partial charge in [-0.25, -0.2) is 18.2 Å². The molecule has 0 saturated carbocycles. The molecule has 1 aromatic carbocycles. The molecule has 0 atom stereocenters. The molecule has 1 N–H and O–H groups in total. The highest BCUT2D eigenvalue weighted by Gasteiger charge is 2.20. The van der Waals surface area contributed by atoms with Crippen LogP contribution >= 0.6 is 11.6 Å². The van der Waals surface area contributed by atoms with Crippen molar-refractivity contribution in [2.45, 2.75) is 13.3 Å². The van der Waals surface area contributed by atoms with Crippen molar-refractivity contribution in [1.82, 2.24) is 9.88 Å². The Hall–Kier alpha value is -2.61. The standard InChI is InChI=1S/C17H15ClF3N3O2/c1-2-7-24(17(26)10-5-6-22-13(18)8-10)9-14(25)23-12-4-3-11(19)15(20)16(12)21/h3-6,8H,2,7,9H2,1H3,(H,23,25). The topological polar surface area (TPSA) is 62.3 Å². The fourth-order valence-corrected chi connectivity index (χ4v) is 2.40. The van der Waals surface area contributed by atoms with Crippen LogP contribution in [0.3, 0.4) is 0 Å². The smallest absolute Gasteiger partial charge is 0.254 e. The van der Waals surface area contributed by atoms with Gasteiger partial charge in [-0.15, -0.1) is 0 Å². The molecule has 0 aliphatic heterocycles. The van der Waals surface area contributed by atoms with E-state index in [2.05, 4.69) is 10.3 Å². The first-order valence-electron chi connectivity index (χ1n) is 7.67. The van der Waals surface area contributed by atoms with Crippen molar-refractivity contribution in [3.8, 4) is 0 Å². The number of pyridine rings is 1. The molecular weight excluding hydrogens is 371 g/mol. The molecule has 0 bridgehead atoms. The molecule has 5 nitrogen and oxygen atoms in total. The van der Waals surface area contributed by atoms with Gasteiger partial charge in [-0.3, -0.25) is 9.59 Å². The predicted molar refractivity (Wildman–Crippen MR) is 90.4 cm³/mol. The van der Waals surface area contributed by atoms with E-state index in [0.717, 1.165) is 6.07 Å². The van der Waals surface area contributed by atoms with Gasteiger partial charge in [-0.2, -0.15) is 0 Å². The summed E-state index contributed by atoms with van der Waals surface area (Å²) >= 11 is 5.76. The number of hydrogen-bond donors (Lipinski definition) is 1. The number of hydrogen-bond acceptors (Lipinski definition) is 3. The van der Waals surface area contributed by atoms with Crippen LogP contribution < -0.4 is 5.32 Å². The Balaban J connectivity index is 2.13. The number of halogens is 4. The third-order valence-electron chi connectivity index (χ3n) is 3.40. The summed E-state index contributed by atoms with van der Waals surface area (Å²) in [7, 11) is 0. The number of anilines is 1. The van der Waals surface area contributed by atoms with E-state index in [1.165, 1.54) is 23.2 Å². The Kier molecular flexibility index (Phi) is 6.57. The van der Waals surface area contributed by atoms with Crippen molar-refractivity contribution < 1.29 is 22.8 Å². The second-order valence-electron chi connectivity index (χ2n) is 5.37. The van der Waals surface area contributed by atoms with Crippen LogP contribution in [0.5, 0.6) is 0 Å². The molecule has 2 aromatic rings. The normalized spacial score (nSPS) is 10.5. The van der Waals surface area contributed by atoms with E-state index in [4.69, 9.17) is 11.6 Å². The Morgan fingerprint density at radius 3 is 2.58 bits per heavy atom. The van der Waals surface area contributed by atoms with Crippen LogP contribution in [-0.2, 0) is 4.79 Å². The number of nitrogens with zero attached hydrogens (tertiary/aromatic N) is 2. The van der Waals surface area contributed by atoms with E-state index in [0.29, 0.717) is 12.5 Å². The Morgan fingerprint density at radius 2 is 1.92 bits per heavy atom. The summed E-state index contributed by atoms with van der Waals surface area (Å²) in [6, 6.07) is 4.41. The summed E-state index contributed by atoms with van der Waals surface area (Å²) in [6.45, 7) is 1.67. The van der Waals surface area contributed by atoms with E-state index in [1.54, 1.807) is 0 Å². The maximum atomic E-state index is 13.6. The number of benzene rings is 1. The van der Waals surface area contributed by atoms with Crippen LogP contribution in [0.25, 0.3) is 0 Å². The van der Waals surface area contributed by atoms with Gasteiger partial charge in [-0.05, 0) is 30.7 Å². The van der Waals surface area contributed by atoms with Gasteiger partial charge in [0.15, 0.2) is 17.5 Å². The van der Waals surface area contributed by atoms with Gasteiger partial charge in [-0.1, -0.05) is 18.5 Å². The zero-order chi connectivity index (χ0) is 19.3. The molecule has 1 aromatic heterocycles. The van der Waals surface area contributed by atoms with E-state index in [-0.39, 0.29) is 17.3 Å². The first kappa shape index (κ1) is 19.7. The number of carbonyl (C=O) groups is 2. The molecule has 0 aliphatic rings. The van der Waals surface area contributed by atoms with Gasteiger partial charge >= 0.3 is 0 Å². The van der Waals surface area contributed by atoms with E-state index < -0.39 is 41.5 Å². The van der Waals surface area contributed by atoms with Gasteiger partial charge in [0.2, 0.25) is 5.91 Å². The highest BCUT2D eigenvalue weighted by atomic mass is 35.5. The molecule has 0 radical (unpaired) electrons. The van der Waals surface area contributed by atoms with Crippen molar-refractivity contribution in [1.29, 1.82) is 0 Å². The monoisotopic (exact) mass is 385 g/mol. The molecule has 0 aliphatic carbocycles. The zero-order valence-electron chi connectivity index (χ0n) is 13.7. The lowest BCUT2D eigenvalue weighted by atomic mass is 10.2. The highest BCUT2D eigenvalue weighted by molar-refractivity contribution is 6.29. The van der Waals surface area contributed by atoms with Crippen LogP contribution in [0.4, 0.5) is 18.9 Å². The average molecular weight is 386 g/mol. The van der Waals surface area contributed by atoms with Crippen molar-refractivity contribution in [3.63, 3.8) is 0 Å². The Bertz CT molecular complexity index is 833. The number of aromatic nitrogens is 1. The predicted octanol–water partition coefficient (Wildman–Crippen LogP) is 3.64. The lowest BCUT2D eigenvalue weighted by Gasteiger charge is -2.21. The van der Waals surface area contributed by atoms with E-state index in [1.807, 2.05) is 6.92 Å². The summed E-state index contributed by atoms with van der Waals surface area (Å²) in [4.78, 5) is 29.7. The first-order chi connectivity index (χ1) is 12.3. The van der Waals surface area contributed by atoms with Crippen molar-refractivity contribution in [2.75, 3.05) is 18.4 Å². The van der Waals surface area contributed by atoms with Crippen molar-refractivity contribution in [2.24, 2.45) is 0 Å². The number of carbonyl (C=O) groups excluding carboxylic acids is 2. The lowest BCUT2D eigenvalue weighted by Crippen LogP contribution is -2.38. The van der Waals surface area contributed by atoms with Gasteiger partial charge in [0.1, 0.15) is 11.7 Å². The van der Waals surface area contributed by atoms with E-state index in [9.17, 15) is 22.8 Å². The maximum absolute atomic E-state index is 13.6. The fraction of sp³-hybridized carbons (Fsp3) is 0.235. The Labute approximate surface area is 152 Å². The third-order valence-corrected chi connectivity index (χ3v) is 3.60. The molecular formula is C17H15ClF3N3O2.